The molecule has 1 saturated heterocycles. The van der Waals surface area contributed by atoms with Crippen LogP contribution in [0.25, 0.3) is 10.8 Å². The zero-order chi connectivity index (χ0) is 18.0. The Hall–Kier alpha value is -1.73. The van der Waals surface area contributed by atoms with Gasteiger partial charge in [-0.3, -0.25) is 9.69 Å². The molecule has 1 amide bonds. The fourth-order valence-electron chi connectivity index (χ4n) is 3.06. The highest BCUT2D eigenvalue weighted by Crippen LogP contribution is 2.27. The minimum Gasteiger partial charge on any atom is -0.418 e. The summed E-state index contributed by atoms with van der Waals surface area (Å²) in [5.74, 6) is 1.44. The van der Waals surface area contributed by atoms with Crippen LogP contribution in [0.3, 0.4) is 0 Å². The number of amides is 1. The first-order chi connectivity index (χ1) is 11.9. The van der Waals surface area contributed by atoms with Gasteiger partial charge in [0.05, 0.1) is 10.9 Å². The third-order valence-corrected chi connectivity index (χ3v) is 5.39. The number of hydrogen-bond donors (Lipinski definition) is 0. The van der Waals surface area contributed by atoms with Crippen LogP contribution in [-0.2, 0) is 4.79 Å². The summed E-state index contributed by atoms with van der Waals surface area (Å²) >= 11 is 1.59. The lowest BCUT2D eigenvalue weighted by molar-refractivity contribution is -0.139. The molecule has 0 saturated carbocycles. The Morgan fingerprint density at radius 2 is 2.04 bits per heavy atom. The van der Waals surface area contributed by atoms with E-state index < -0.39 is 0 Å². The lowest BCUT2D eigenvalue weighted by Crippen LogP contribution is -2.41. The van der Waals surface area contributed by atoms with Gasteiger partial charge in [0.15, 0.2) is 0 Å². The number of hydrogen-bond acceptors (Lipinski definition) is 6. The van der Waals surface area contributed by atoms with Crippen molar-refractivity contribution in [2.75, 3.05) is 26.2 Å². The summed E-state index contributed by atoms with van der Waals surface area (Å²) in [6, 6.07) is 4.00. The molecular weight excluding hydrogens is 336 g/mol. The lowest BCUT2D eigenvalue weighted by Gasteiger charge is -2.29. The van der Waals surface area contributed by atoms with Crippen molar-refractivity contribution in [1.29, 1.82) is 0 Å². The highest BCUT2D eigenvalue weighted by atomic mass is 32.1. The molecule has 0 N–H and O–H groups in total. The molecule has 1 aliphatic heterocycles. The first kappa shape index (κ1) is 18.1. The molecule has 0 bridgehead atoms. The van der Waals surface area contributed by atoms with Gasteiger partial charge in [-0.2, -0.15) is 0 Å². The molecule has 0 unspecified atom stereocenters. The second kappa shape index (κ2) is 7.25. The molecule has 7 heteroatoms. The van der Waals surface area contributed by atoms with E-state index in [1.807, 2.05) is 43.2 Å². The van der Waals surface area contributed by atoms with Gasteiger partial charge in [-0.15, -0.1) is 21.5 Å². The van der Waals surface area contributed by atoms with Gasteiger partial charge in [0.2, 0.25) is 11.8 Å². The van der Waals surface area contributed by atoms with E-state index >= 15 is 0 Å². The number of carbonyl (C=O) groups excluding carboxylic acids is 1. The fourth-order valence-corrected chi connectivity index (χ4v) is 3.71. The van der Waals surface area contributed by atoms with E-state index in [9.17, 15) is 4.79 Å². The molecule has 2 aromatic rings. The highest BCUT2D eigenvalue weighted by molar-refractivity contribution is 7.13. The first-order valence-corrected chi connectivity index (χ1v) is 9.65. The third kappa shape index (κ3) is 4.10. The van der Waals surface area contributed by atoms with E-state index in [0.29, 0.717) is 11.8 Å². The van der Waals surface area contributed by atoms with Gasteiger partial charge in [0.25, 0.3) is 5.89 Å². The van der Waals surface area contributed by atoms with Gasteiger partial charge < -0.3 is 9.32 Å². The van der Waals surface area contributed by atoms with Gasteiger partial charge >= 0.3 is 0 Å². The average Bonchev–Trinajstić information content (AvgIpc) is 3.19. The van der Waals surface area contributed by atoms with Crippen molar-refractivity contribution >= 4 is 17.2 Å². The molecule has 2 aromatic heterocycles. The molecule has 0 radical (unpaired) electrons. The predicted octanol–water partition coefficient (Wildman–Crippen LogP) is 3.44. The molecule has 6 nitrogen and oxygen atoms in total. The van der Waals surface area contributed by atoms with Gasteiger partial charge in [0.1, 0.15) is 0 Å². The summed E-state index contributed by atoms with van der Waals surface area (Å²) < 4.78 is 5.88. The topological polar surface area (TPSA) is 62.5 Å². The molecular formula is C18H26N4O2S. The number of carbonyl (C=O) groups is 1. The predicted molar refractivity (Wildman–Crippen MR) is 98.3 cm³/mol. The van der Waals surface area contributed by atoms with Crippen LogP contribution in [-0.4, -0.2) is 52.1 Å². The summed E-state index contributed by atoms with van der Waals surface area (Å²) in [5, 5.41) is 10.4. The monoisotopic (exact) mass is 362 g/mol. The van der Waals surface area contributed by atoms with Crippen molar-refractivity contribution in [2.45, 2.75) is 40.2 Å². The molecule has 3 rings (SSSR count). The Morgan fingerprint density at radius 1 is 1.24 bits per heavy atom. The van der Waals surface area contributed by atoms with E-state index in [1.54, 1.807) is 11.3 Å². The van der Waals surface area contributed by atoms with Crippen LogP contribution >= 0.6 is 11.3 Å². The molecule has 0 aromatic carbocycles. The molecule has 25 heavy (non-hydrogen) atoms. The van der Waals surface area contributed by atoms with Gasteiger partial charge in [-0.1, -0.05) is 26.8 Å². The molecule has 136 valence electrons. The summed E-state index contributed by atoms with van der Waals surface area (Å²) in [4.78, 5) is 17.8. The summed E-state index contributed by atoms with van der Waals surface area (Å²) in [5.41, 5.74) is -0.330. The van der Waals surface area contributed by atoms with Crippen LogP contribution in [0.15, 0.2) is 21.9 Å². The quantitative estimate of drug-likeness (QED) is 0.837. The van der Waals surface area contributed by atoms with Crippen molar-refractivity contribution < 1.29 is 9.21 Å². The molecule has 1 atom stereocenters. The van der Waals surface area contributed by atoms with E-state index in [2.05, 4.69) is 22.0 Å². The van der Waals surface area contributed by atoms with Gasteiger partial charge in [0, 0.05) is 31.6 Å². The summed E-state index contributed by atoms with van der Waals surface area (Å²) in [6.07, 6.45) is 0.956. The Bertz CT molecular complexity index is 705. The average molecular weight is 362 g/mol. The Labute approximate surface area is 152 Å². The summed E-state index contributed by atoms with van der Waals surface area (Å²) in [7, 11) is 0. The molecule has 1 fully saturated rings. The number of aromatic nitrogens is 2. The zero-order valence-electron chi connectivity index (χ0n) is 15.4. The minimum absolute atomic E-state index is 0.0471. The van der Waals surface area contributed by atoms with Crippen molar-refractivity contribution in [3.63, 3.8) is 0 Å². The molecule has 1 aliphatic rings. The Kier molecular flexibility index (Phi) is 5.24. The van der Waals surface area contributed by atoms with Gasteiger partial charge in [-0.25, -0.2) is 0 Å². The molecule has 0 aliphatic carbocycles. The maximum Gasteiger partial charge on any atom is 0.257 e. The van der Waals surface area contributed by atoms with E-state index in [1.165, 1.54) is 0 Å². The van der Waals surface area contributed by atoms with Gasteiger partial charge in [-0.05, 0) is 24.8 Å². The van der Waals surface area contributed by atoms with Crippen LogP contribution in [0.4, 0.5) is 0 Å². The van der Waals surface area contributed by atoms with Crippen LogP contribution in [0.5, 0.6) is 0 Å². The largest absolute Gasteiger partial charge is 0.418 e. The number of rotatable bonds is 3. The third-order valence-electron chi connectivity index (χ3n) is 4.54. The highest BCUT2D eigenvalue weighted by Gasteiger charge is 2.30. The van der Waals surface area contributed by atoms with E-state index in [0.717, 1.165) is 37.5 Å². The van der Waals surface area contributed by atoms with Crippen molar-refractivity contribution in [1.82, 2.24) is 20.0 Å². The SMILES string of the molecule is C[C@H](c1nnc(-c2cccs2)o1)N1CCCN(C(=O)C(C)(C)C)CC1. The van der Waals surface area contributed by atoms with Crippen LogP contribution in [0.2, 0.25) is 0 Å². The summed E-state index contributed by atoms with van der Waals surface area (Å²) in [6.45, 7) is 11.3. The Morgan fingerprint density at radius 3 is 2.72 bits per heavy atom. The number of nitrogens with zero attached hydrogens (tertiary/aromatic N) is 4. The van der Waals surface area contributed by atoms with Crippen LogP contribution in [0, 0.1) is 5.41 Å². The molecule has 0 spiro atoms. The number of thiophene rings is 1. The van der Waals surface area contributed by atoms with E-state index in [4.69, 9.17) is 4.42 Å². The Balaban J connectivity index is 1.65. The van der Waals surface area contributed by atoms with Crippen LogP contribution in [0.1, 0.15) is 46.0 Å². The maximum absolute atomic E-state index is 12.5. The lowest BCUT2D eigenvalue weighted by atomic mass is 9.94. The second-order valence-electron chi connectivity index (χ2n) is 7.53. The molecule has 3 heterocycles. The zero-order valence-corrected chi connectivity index (χ0v) is 16.2. The second-order valence-corrected chi connectivity index (χ2v) is 8.48. The first-order valence-electron chi connectivity index (χ1n) is 8.77. The normalized spacial score (nSPS) is 18.2. The maximum atomic E-state index is 12.5. The van der Waals surface area contributed by atoms with E-state index in [-0.39, 0.29) is 17.4 Å². The van der Waals surface area contributed by atoms with Crippen LogP contribution < -0.4 is 0 Å². The van der Waals surface area contributed by atoms with Crippen molar-refractivity contribution in [2.24, 2.45) is 5.41 Å². The fraction of sp³-hybridized carbons (Fsp3) is 0.611. The standard InChI is InChI=1S/C18H26N4O2S/c1-13(15-19-20-16(24-15)14-7-5-12-25-14)21-8-6-9-22(11-10-21)17(23)18(2,3)4/h5,7,12-13H,6,8-11H2,1-4H3/t13-/m1/s1. The smallest absolute Gasteiger partial charge is 0.257 e. The van der Waals surface area contributed by atoms with Crippen molar-refractivity contribution in [3.05, 3.63) is 23.4 Å². The van der Waals surface area contributed by atoms with Crippen molar-refractivity contribution in [3.8, 4) is 10.8 Å². The minimum atomic E-state index is -0.330.